The van der Waals surface area contributed by atoms with Crippen molar-refractivity contribution in [1.29, 1.82) is 0 Å². The maximum absolute atomic E-state index is 10.9. The van der Waals surface area contributed by atoms with Crippen molar-refractivity contribution in [2.45, 2.75) is 0 Å². The number of carboxylic acid groups (broad SMARTS) is 1. The van der Waals surface area contributed by atoms with Crippen LogP contribution in [0.1, 0.15) is 0 Å². The van der Waals surface area contributed by atoms with E-state index in [4.69, 9.17) is 5.11 Å². The summed E-state index contributed by atoms with van der Waals surface area (Å²) < 4.78 is 0. The van der Waals surface area contributed by atoms with Crippen molar-refractivity contribution >= 4 is 40.9 Å². The van der Waals surface area contributed by atoms with Gasteiger partial charge in [0.05, 0.1) is 11.9 Å². The minimum absolute atomic E-state index is 0.151. The van der Waals surface area contributed by atoms with Gasteiger partial charge in [-0.1, -0.05) is 54.6 Å². The van der Waals surface area contributed by atoms with E-state index in [1.54, 1.807) is 0 Å². The van der Waals surface area contributed by atoms with Gasteiger partial charge in [-0.2, -0.15) is 0 Å². The average Bonchev–Trinajstić information content (AvgIpc) is 2.70. The maximum atomic E-state index is 10.9. The Balaban J connectivity index is 2.10. The summed E-state index contributed by atoms with van der Waals surface area (Å²) in [7, 11) is -1.83. The second-order valence-corrected chi connectivity index (χ2v) is 10.7. The van der Waals surface area contributed by atoms with Crippen molar-refractivity contribution < 1.29 is 9.90 Å². The fourth-order valence-corrected chi connectivity index (χ4v) is 8.89. The Hall–Kier alpha value is -2.09. The summed E-state index contributed by atoms with van der Waals surface area (Å²) in [4.78, 5) is 10.9. The van der Waals surface area contributed by atoms with Crippen molar-refractivity contribution in [3.8, 4) is 0 Å². The molecule has 0 fully saturated rings. The molecule has 132 valence electrons. The third-order valence-corrected chi connectivity index (χ3v) is 10.1. The van der Waals surface area contributed by atoms with E-state index in [0.29, 0.717) is 0 Å². The highest BCUT2D eigenvalue weighted by molar-refractivity contribution is 8.01. The smallest absolute Gasteiger partial charge is 0.313 e. The molecule has 3 aromatic carbocycles. The van der Waals surface area contributed by atoms with Gasteiger partial charge in [-0.25, -0.2) is 0 Å². The van der Waals surface area contributed by atoms with Crippen molar-refractivity contribution in [2.24, 2.45) is 0 Å². The van der Waals surface area contributed by atoms with Crippen molar-refractivity contribution in [3.05, 3.63) is 91.0 Å². The Morgan fingerprint density at radius 1 is 0.731 bits per heavy atom. The molecule has 0 saturated carbocycles. The summed E-state index contributed by atoms with van der Waals surface area (Å²) in [6, 6.07) is 32.0. The molecule has 1 N–H and O–H groups in total. The fraction of sp³-hybridized carbons (Fsp3) is 0.136. The molecular weight excluding hydrogens is 359 g/mol. The monoisotopic (exact) mass is 381 g/mol. The first-order valence-electron chi connectivity index (χ1n) is 8.58. The summed E-state index contributed by atoms with van der Waals surface area (Å²) in [5, 5.41) is 13.0. The molecule has 0 atom stereocenters. The van der Waals surface area contributed by atoms with Crippen molar-refractivity contribution in [2.75, 3.05) is 17.7 Å². The van der Waals surface area contributed by atoms with Crippen LogP contribution in [0.3, 0.4) is 0 Å². The molecule has 0 aliphatic carbocycles. The van der Waals surface area contributed by atoms with Crippen LogP contribution >= 0.6 is 19.0 Å². The minimum Gasteiger partial charge on any atom is -0.481 e. The van der Waals surface area contributed by atoms with Crippen LogP contribution in [-0.4, -0.2) is 28.7 Å². The van der Waals surface area contributed by atoms with Crippen LogP contribution in [-0.2, 0) is 4.79 Å². The molecule has 0 aromatic heterocycles. The number of rotatable bonds is 8. The molecule has 4 heteroatoms. The summed E-state index contributed by atoms with van der Waals surface area (Å²) in [5.74, 6) is 0.218. The molecule has 0 radical (unpaired) electrons. The molecule has 0 saturated heterocycles. The SMILES string of the molecule is O=C(O)CSCC[P+](c1ccccc1)(c1ccccc1)c1ccccc1. The maximum Gasteiger partial charge on any atom is 0.313 e. The van der Waals surface area contributed by atoms with E-state index in [9.17, 15) is 4.79 Å². The van der Waals surface area contributed by atoms with Gasteiger partial charge in [-0.15, -0.1) is 11.8 Å². The first-order chi connectivity index (χ1) is 12.7. The highest BCUT2D eigenvalue weighted by Crippen LogP contribution is 2.55. The van der Waals surface area contributed by atoms with Crippen LogP contribution in [0.4, 0.5) is 0 Å². The van der Waals surface area contributed by atoms with Gasteiger partial charge in [0.2, 0.25) is 0 Å². The van der Waals surface area contributed by atoms with Crippen molar-refractivity contribution in [3.63, 3.8) is 0 Å². The molecule has 3 rings (SSSR count). The Morgan fingerprint density at radius 3 is 1.46 bits per heavy atom. The zero-order valence-corrected chi connectivity index (χ0v) is 16.2. The molecule has 0 spiro atoms. The lowest BCUT2D eigenvalue weighted by Crippen LogP contribution is -2.34. The van der Waals surface area contributed by atoms with Gasteiger partial charge >= 0.3 is 5.97 Å². The molecule has 0 bridgehead atoms. The molecule has 0 amide bonds. The predicted octanol–water partition coefficient (Wildman–Crippen LogP) is 3.80. The van der Waals surface area contributed by atoms with E-state index >= 15 is 0 Å². The van der Waals surface area contributed by atoms with Crippen molar-refractivity contribution in [1.82, 2.24) is 0 Å². The fourth-order valence-electron chi connectivity index (χ4n) is 3.24. The summed E-state index contributed by atoms with van der Waals surface area (Å²) in [6.45, 7) is 0. The summed E-state index contributed by atoms with van der Waals surface area (Å²) >= 11 is 1.50. The second kappa shape index (κ2) is 9.02. The lowest BCUT2D eigenvalue weighted by molar-refractivity contribution is -0.133. The number of benzene rings is 3. The predicted molar refractivity (Wildman–Crippen MR) is 115 cm³/mol. The molecule has 0 aliphatic rings. The first kappa shape index (κ1) is 18.7. The molecular formula is C22H22O2PS+. The number of hydrogen-bond donors (Lipinski definition) is 1. The third kappa shape index (κ3) is 4.17. The average molecular weight is 381 g/mol. The van der Waals surface area contributed by atoms with E-state index in [2.05, 4.69) is 72.8 Å². The van der Waals surface area contributed by atoms with E-state index in [-0.39, 0.29) is 5.75 Å². The number of carbonyl (C=O) groups is 1. The number of carboxylic acids is 1. The van der Waals surface area contributed by atoms with Gasteiger partial charge in [0, 0.05) is 5.75 Å². The van der Waals surface area contributed by atoms with Gasteiger partial charge in [-0.05, 0) is 36.4 Å². The second-order valence-electron chi connectivity index (χ2n) is 5.99. The minimum atomic E-state index is -1.83. The molecule has 2 nitrogen and oxygen atoms in total. The third-order valence-electron chi connectivity index (χ3n) is 4.39. The van der Waals surface area contributed by atoms with Crippen LogP contribution in [0.25, 0.3) is 0 Å². The molecule has 0 unspecified atom stereocenters. The molecule has 0 heterocycles. The van der Waals surface area contributed by atoms with Gasteiger partial charge in [0.1, 0.15) is 23.2 Å². The van der Waals surface area contributed by atoms with Crippen LogP contribution < -0.4 is 15.9 Å². The lowest BCUT2D eigenvalue weighted by atomic mass is 10.4. The molecule has 26 heavy (non-hydrogen) atoms. The van der Waals surface area contributed by atoms with Crippen LogP contribution in [0.2, 0.25) is 0 Å². The van der Waals surface area contributed by atoms with Gasteiger partial charge in [0.25, 0.3) is 0 Å². The Kier molecular flexibility index (Phi) is 6.49. The van der Waals surface area contributed by atoms with Gasteiger partial charge in [-0.3, -0.25) is 4.79 Å². The molecule has 0 aliphatic heterocycles. The Bertz CT molecular complexity index is 726. The topological polar surface area (TPSA) is 37.3 Å². The van der Waals surface area contributed by atoms with E-state index in [1.807, 2.05) is 18.2 Å². The normalized spacial score (nSPS) is 11.2. The molecule has 3 aromatic rings. The van der Waals surface area contributed by atoms with Crippen LogP contribution in [0, 0.1) is 0 Å². The zero-order valence-electron chi connectivity index (χ0n) is 14.5. The first-order valence-corrected chi connectivity index (χ1v) is 11.7. The number of thioether (sulfide) groups is 1. The van der Waals surface area contributed by atoms with E-state index in [1.165, 1.54) is 27.7 Å². The van der Waals surface area contributed by atoms with E-state index in [0.717, 1.165) is 11.9 Å². The van der Waals surface area contributed by atoms with E-state index < -0.39 is 13.2 Å². The number of hydrogen-bond acceptors (Lipinski definition) is 2. The quantitative estimate of drug-likeness (QED) is 0.476. The Labute approximate surface area is 159 Å². The van der Waals surface area contributed by atoms with Gasteiger partial charge in [0.15, 0.2) is 0 Å². The summed E-state index contributed by atoms with van der Waals surface area (Å²) in [5.41, 5.74) is 0. The Morgan fingerprint density at radius 2 is 1.12 bits per heavy atom. The van der Waals surface area contributed by atoms with Crippen LogP contribution in [0.15, 0.2) is 91.0 Å². The largest absolute Gasteiger partial charge is 0.481 e. The number of aliphatic carboxylic acids is 1. The standard InChI is InChI=1S/C22H21O2PS/c23-22(24)18-26-17-16-25(19-10-4-1-5-11-19,20-12-6-2-7-13-20)21-14-8-3-9-15-21/h1-15H,16-18H2/p+1. The highest BCUT2D eigenvalue weighted by atomic mass is 32.2. The summed E-state index contributed by atoms with van der Waals surface area (Å²) in [6.07, 6.45) is 0.947. The lowest BCUT2D eigenvalue weighted by Gasteiger charge is -2.27. The highest BCUT2D eigenvalue weighted by Gasteiger charge is 2.44. The van der Waals surface area contributed by atoms with Crippen LogP contribution in [0.5, 0.6) is 0 Å². The zero-order chi connectivity index (χ0) is 18.2. The van der Waals surface area contributed by atoms with Gasteiger partial charge < -0.3 is 5.11 Å².